The molecule has 68 valence electrons. The van der Waals surface area contributed by atoms with E-state index in [1.165, 1.54) is 10.4 Å². The second kappa shape index (κ2) is 3.79. The molecule has 1 nitrogen and oxygen atoms in total. The molecule has 0 saturated heterocycles. The summed E-state index contributed by atoms with van der Waals surface area (Å²) in [5, 5.41) is 2.18. The van der Waals surface area contributed by atoms with E-state index in [1.54, 1.807) is 0 Å². The molecule has 13 heavy (non-hydrogen) atoms. The van der Waals surface area contributed by atoms with Crippen LogP contribution < -0.4 is 0 Å². The lowest BCUT2D eigenvalue weighted by Crippen LogP contribution is -1.95. The van der Waals surface area contributed by atoms with Crippen LogP contribution in [0.1, 0.15) is 17.4 Å². The van der Waals surface area contributed by atoms with Crippen LogP contribution >= 0.6 is 11.3 Å². The van der Waals surface area contributed by atoms with E-state index in [4.69, 9.17) is 0 Å². The predicted molar refractivity (Wildman–Crippen MR) is 57.2 cm³/mol. The molecule has 0 aromatic carbocycles. The molecule has 2 heterocycles. The zero-order valence-electron chi connectivity index (χ0n) is 7.73. The summed E-state index contributed by atoms with van der Waals surface area (Å²) in [5.41, 5.74) is 1.48. The van der Waals surface area contributed by atoms with E-state index < -0.39 is 0 Å². The molecule has 2 rings (SSSR count). The number of hydrogen-bond donors (Lipinski definition) is 0. The molecule has 0 bridgehead atoms. The summed E-state index contributed by atoms with van der Waals surface area (Å²) in [6.45, 7) is 3.23. The number of nitrogens with zero attached hydrogens (tertiary/aromatic N) is 1. The number of thiophene rings is 1. The molecule has 0 N–H and O–H groups in total. The van der Waals surface area contributed by atoms with Gasteiger partial charge >= 0.3 is 0 Å². The molecule has 2 aromatic rings. The minimum absolute atomic E-state index is 1.02. The summed E-state index contributed by atoms with van der Waals surface area (Å²) in [5.74, 6) is 0. The van der Waals surface area contributed by atoms with Gasteiger partial charge in [-0.05, 0) is 35.6 Å². The monoisotopic (exact) mass is 191 g/mol. The fourth-order valence-electron chi connectivity index (χ4n) is 1.46. The van der Waals surface area contributed by atoms with E-state index in [-0.39, 0.29) is 0 Å². The topological polar surface area (TPSA) is 4.93 Å². The number of aromatic nitrogens is 1. The Bertz CT molecular complexity index is 359. The Kier molecular flexibility index (Phi) is 2.50. The average molecular weight is 191 g/mol. The second-order valence-electron chi connectivity index (χ2n) is 3.08. The van der Waals surface area contributed by atoms with Crippen LogP contribution in [0.5, 0.6) is 0 Å². The van der Waals surface area contributed by atoms with Crippen molar-refractivity contribution in [2.75, 3.05) is 0 Å². The van der Waals surface area contributed by atoms with E-state index in [1.807, 2.05) is 11.3 Å². The van der Waals surface area contributed by atoms with Gasteiger partial charge in [0.25, 0.3) is 0 Å². The van der Waals surface area contributed by atoms with E-state index in [9.17, 15) is 0 Å². The third-order valence-corrected chi connectivity index (χ3v) is 3.16. The van der Waals surface area contributed by atoms with Gasteiger partial charge < -0.3 is 4.57 Å². The first kappa shape index (κ1) is 8.57. The Morgan fingerprint density at radius 1 is 1.31 bits per heavy atom. The second-order valence-corrected chi connectivity index (χ2v) is 4.08. The van der Waals surface area contributed by atoms with Crippen LogP contribution in [0.4, 0.5) is 0 Å². The lowest BCUT2D eigenvalue weighted by atomic mass is 10.2. The van der Waals surface area contributed by atoms with Crippen LogP contribution in [-0.2, 0) is 13.0 Å². The van der Waals surface area contributed by atoms with Gasteiger partial charge in [-0.1, -0.05) is 6.92 Å². The molecule has 0 fully saturated rings. The van der Waals surface area contributed by atoms with E-state index in [0.717, 1.165) is 13.0 Å². The van der Waals surface area contributed by atoms with Crippen LogP contribution in [0.2, 0.25) is 0 Å². The highest BCUT2D eigenvalue weighted by Crippen LogP contribution is 2.18. The molecule has 0 radical (unpaired) electrons. The molecule has 0 atom stereocenters. The van der Waals surface area contributed by atoms with E-state index >= 15 is 0 Å². The van der Waals surface area contributed by atoms with Gasteiger partial charge in [0.2, 0.25) is 0 Å². The highest BCUT2D eigenvalue weighted by Gasteiger charge is 2.01. The van der Waals surface area contributed by atoms with Crippen molar-refractivity contribution in [3.63, 3.8) is 0 Å². The fourth-order valence-corrected chi connectivity index (χ4v) is 2.45. The summed E-state index contributed by atoms with van der Waals surface area (Å²) < 4.78 is 2.21. The van der Waals surface area contributed by atoms with Crippen LogP contribution in [0.15, 0.2) is 36.0 Å². The average Bonchev–Trinajstić information content (AvgIpc) is 2.76. The minimum Gasteiger partial charge on any atom is -0.349 e. The summed E-state index contributed by atoms with van der Waals surface area (Å²) >= 11 is 1.85. The maximum atomic E-state index is 2.23. The molecular weight excluding hydrogens is 178 g/mol. The van der Waals surface area contributed by atoms with E-state index in [0.29, 0.717) is 0 Å². The number of aryl methyl sites for hydroxylation is 1. The first-order valence-electron chi connectivity index (χ1n) is 4.56. The fraction of sp³-hybridized carbons (Fsp3) is 0.273. The number of hydrogen-bond acceptors (Lipinski definition) is 1. The first-order chi connectivity index (χ1) is 6.40. The normalized spacial score (nSPS) is 10.5. The highest BCUT2D eigenvalue weighted by molar-refractivity contribution is 7.10. The van der Waals surface area contributed by atoms with Gasteiger partial charge in [0.05, 0.1) is 6.54 Å². The molecule has 0 aliphatic heterocycles. The van der Waals surface area contributed by atoms with Crippen molar-refractivity contribution in [2.45, 2.75) is 19.9 Å². The maximum Gasteiger partial charge on any atom is 0.0566 e. The van der Waals surface area contributed by atoms with Crippen molar-refractivity contribution in [1.82, 2.24) is 4.57 Å². The van der Waals surface area contributed by atoms with Crippen LogP contribution in [0.25, 0.3) is 0 Å². The molecule has 0 amide bonds. The molecule has 2 heteroatoms. The molecule has 0 aliphatic carbocycles. The van der Waals surface area contributed by atoms with Crippen molar-refractivity contribution in [2.24, 2.45) is 0 Å². The SMILES string of the molecule is CCc1ccsc1Cn1cccc1. The minimum atomic E-state index is 1.02. The van der Waals surface area contributed by atoms with Crippen molar-refractivity contribution in [3.05, 3.63) is 46.4 Å². The molecule has 0 saturated carbocycles. The highest BCUT2D eigenvalue weighted by atomic mass is 32.1. The van der Waals surface area contributed by atoms with Gasteiger partial charge in [-0.2, -0.15) is 0 Å². The van der Waals surface area contributed by atoms with Gasteiger partial charge in [-0.15, -0.1) is 11.3 Å². The Morgan fingerprint density at radius 2 is 2.08 bits per heavy atom. The smallest absolute Gasteiger partial charge is 0.0566 e. The van der Waals surface area contributed by atoms with Crippen molar-refractivity contribution in [3.8, 4) is 0 Å². The predicted octanol–water partition coefficient (Wildman–Crippen LogP) is 3.16. The standard InChI is InChI=1S/C11H13NS/c1-2-10-5-8-13-11(10)9-12-6-3-4-7-12/h3-8H,2,9H2,1H3. The summed E-state index contributed by atoms with van der Waals surface area (Å²) in [4.78, 5) is 1.48. The van der Waals surface area contributed by atoms with Crippen LogP contribution in [-0.4, -0.2) is 4.57 Å². The lowest BCUT2D eigenvalue weighted by Gasteiger charge is -2.02. The van der Waals surface area contributed by atoms with E-state index in [2.05, 4.69) is 47.5 Å². The quantitative estimate of drug-likeness (QED) is 0.702. The zero-order valence-corrected chi connectivity index (χ0v) is 8.55. The van der Waals surface area contributed by atoms with Crippen molar-refractivity contribution < 1.29 is 0 Å². The molecular formula is C11H13NS. The Labute approximate surface area is 82.6 Å². The molecule has 0 aliphatic rings. The molecule has 0 spiro atoms. The van der Waals surface area contributed by atoms with Gasteiger partial charge in [0.15, 0.2) is 0 Å². The number of rotatable bonds is 3. The van der Waals surface area contributed by atoms with Gasteiger partial charge in [-0.3, -0.25) is 0 Å². The summed E-state index contributed by atoms with van der Waals surface area (Å²) in [7, 11) is 0. The lowest BCUT2D eigenvalue weighted by molar-refractivity contribution is 0.810. The maximum absolute atomic E-state index is 2.23. The van der Waals surface area contributed by atoms with Crippen LogP contribution in [0.3, 0.4) is 0 Å². The Morgan fingerprint density at radius 3 is 2.77 bits per heavy atom. The van der Waals surface area contributed by atoms with Crippen LogP contribution in [0, 0.1) is 0 Å². The van der Waals surface area contributed by atoms with Gasteiger partial charge in [0, 0.05) is 17.3 Å². The molecule has 2 aromatic heterocycles. The molecule has 0 unspecified atom stereocenters. The van der Waals surface area contributed by atoms with Crippen molar-refractivity contribution >= 4 is 11.3 Å². The summed E-state index contributed by atoms with van der Waals surface area (Å²) in [6.07, 6.45) is 5.36. The van der Waals surface area contributed by atoms with Crippen molar-refractivity contribution in [1.29, 1.82) is 0 Å². The first-order valence-corrected chi connectivity index (χ1v) is 5.44. The third kappa shape index (κ3) is 1.83. The summed E-state index contributed by atoms with van der Waals surface area (Å²) in [6, 6.07) is 6.36. The zero-order chi connectivity index (χ0) is 9.10. The Balaban J connectivity index is 2.18. The Hall–Kier alpha value is -1.02. The van der Waals surface area contributed by atoms with Gasteiger partial charge in [-0.25, -0.2) is 0 Å². The largest absolute Gasteiger partial charge is 0.349 e. The third-order valence-electron chi connectivity index (χ3n) is 2.21. The van der Waals surface area contributed by atoms with Gasteiger partial charge in [0.1, 0.15) is 0 Å².